The predicted octanol–water partition coefficient (Wildman–Crippen LogP) is 2.65. The van der Waals surface area contributed by atoms with E-state index in [0.717, 1.165) is 16.3 Å². The number of hydrogen-bond acceptors (Lipinski definition) is 3. The van der Waals surface area contributed by atoms with Gasteiger partial charge in [-0.15, -0.1) is 0 Å². The third kappa shape index (κ3) is 2.53. The fraction of sp³-hybridized carbons (Fsp3) is 0.308. The van der Waals surface area contributed by atoms with Crippen molar-refractivity contribution in [3.63, 3.8) is 0 Å². The van der Waals surface area contributed by atoms with Crippen LogP contribution >= 0.6 is 11.8 Å². The van der Waals surface area contributed by atoms with Crippen molar-refractivity contribution in [1.82, 2.24) is 9.78 Å². The van der Waals surface area contributed by atoms with Crippen LogP contribution in [-0.2, 0) is 13.6 Å². The molecule has 0 atom stereocenters. The summed E-state index contributed by atoms with van der Waals surface area (Å²) in [5, 5.41) is 5.54. The van der Waals surface area contributed by atoms with E-state index in [1.165, 1.54) is 10.5 Å². The second-order valence-electron chi connectivity index (χ2n) is 4.11. The van der Waals surface area contributed by atoms with Gasteiger partial charge < -0.3 is 5.73 Å². The van der Waals surface area contributed by atoms with Crippen molar-refractivity contribution in [2.75, 3.05) is 0 Å². The number of hydrogen-bond donors (Lipinski definition) is 1. The minimum atomic E-state index is 0.536. The van der Waals surface area contributed by atoms with Gasteiger partial charge in [0.2, 0.25) is 0 Å². The van der Waals surface area contributed by atoms with Gasteiger partial charge >= 0.3 is 0 Å². The quantitative estimate of drug-likeness (QED) is 0.906. The molecule has 0 aliphatic rings. The maximum Gasteiger partial charge on any atom is 0.103 e. The molecule has 0 bridgehead atoms. The Bertz CT molecular complexity index is 514. The maximum absolute atomic E-state index is 5.78. The third-order valence-corrected chi connectivity index (χ3v) is 3.94. The average molecular weight is 247 g/mol. The predicted molar refractivity (Wildman–Crippen MR) is 71.1 cm³/mol. The minimum Gasteiger partial charge on any atom is -0.326 e. The first-order valence-corrected chi connectivity index (χ1v) is 6.40. The number of rotatable bonds is 3. The highest BCUT2D eigenvalue weighted by atomic mass is 32.2. The summed E-state index contributed by atoms with van der Waals surface area (Å²) in [4.78, 5) is 1.22. The summed E-state index contributed by atoms with van der Waals surface area (Å²) in [6, 6.07) is 8.49. The number of benzene rings is 1. The molecular formula is C13H17N3S. The molecule has 1 heterocycles. The molecule has 0 unspecified atom stereocenters. The lowest BCUT2D eigenvalue weighted by Crippen LogP contribution is -1.99. The van der Waals surface area contributed by atoms with Crippen molar-refractivity contribution in [2.45, 2.75) is 30.3 Å². The molecule has 17 heavy (non-hydrogen) atoms. The van der Waals surface area contributed by atoms with Gasteiger partial charge in [-0.05, 0) is 26.0 Å². The minimum absolute atomic E-state index is 0.536. The van der Waals surface area contributed by atoms with Gasteiger partial charge in [0.15, 0.2) is 0 Å². The Labute approximate surface area is 106 Å². The van der Waals surface area contributed by atoms with E-state index in [-0.39, 0.29) is 0 Å². The van der Waals surface area contributed by atoms with E-state index in [1.807, 2.05) is 18.7 Å². The zero-order valence-corrected chi connectivity index (χ0v) is 11.2. The monoisotopic (exact) mass is 247 g/mol. The van der Waals surface area contributed by atoms with Gasteiger partial charge in [-0.2, -0.15) is 5.10 Å². The lowest BCUT2D eigenvalue weighted by atomic mass is 10.2. The van der Waals surface area contributed by atoms with Crippen molar-refractivity contribution < 1.29 is 0 Å². The van der Waals surface area contributed by atoms with Crippen LogP contribution in [0.25, 0.3) is 0 Å². The van der Waals surface area contributed by atoms with Gasteiger partial charge in [-0.3, -0.25) is 4.68 Å². The molecule has 4 heteroatoms. The fourth-order valence-electron chi connectivity index (χ4n) is 1.76. The van der Waals surface area contributed by atoms with Gasteiger partial charge in [-0.1, -0.05) is 29.5 Å². The molecule has 0 amide bonds. The van der Waals surface area contributed by atoms with Gasteiger partial charge in [0.1, 0.15) is 5.03 Å². The molecule has 0 radical (unpaired) electrons. The normalized spacial score (nSPS) is 10.8. The van der Waals surface area contributed by atoms with Gasteiger partial charge in [0.05, 0.1) is 5.69 Å². The highest BCUT2D eigenvalue weighted by Gasteiger charge is 2.12. The topological polar surface area (TPSA) is 43.8 Å². The maximum atomic E-state index is 5.78. The largest absolute Gasteiger partial charge is 0.326 e. The van der Waals surface area contributed by atoms with Crippen molar-refractivity contribution in [1.29, 1.82) is 0 Å². The van der Waals surface area contributed by atoms with E-state index >= 15 is 0 Å². The van der Waals surface area contributed by atoms with Crippen molar-refractivity contribution >= 4 is 11.8 Å². The van der Waals surface area contributed by atoms with Crippen LogP contribution in [0.5, 0.6) is 0 Å². The SMILES string of the molecule is Cc1ccc(Sc2c(CN)c(C)nn2C)cc1. The highest BCUT2D eigenvalue weighted by Crippen LogP contribution is 2.31. The summed E-state index contributed by atoms with van der Waals surface area (Å²) in [5.74, 6) is 0. The Balaban J connectivity index is 2.32. The number of aryl methyl sites for hydroxylation is 3. The number of nitrogens with zero attached hydrogens (tertiary/aromatic N) is 2. The Morgan fingerprint density at radius 2 is 1.88 bits per heavy atom. The van der Waals surface area contributed by atoms with Crippen LogP contribution in [0.15, 0.2) is 34.2 Å². The van der Waals surface area contributed by atoms with Crippen LogP contribution < -0.4 is 5.73 Å². The Morgan fingerprint density at radius 1 is 1.24 bits per heavy atom. The molecule has 0 saturated carbocycles. The summed E-state index contributed by atoms with van der Waals surface area (Å²) in [5.41, 5.74) is 9.20. The van der Waals surface area contributed by atoms with Gasteiger partial charge in [-0.25, -0.2) is 0 Å². The smallest absolute Gasteiger partial charge is 0.103 e. The summed E-state index contributed by atoms with van der Waals surface area (Å²) < 4.78 is 1.90. The highest BCUT2D eigenvalue weighted by molar-refractivity contribution is 7.99. The molecule has 90 valence electrons. The second-order valence-corrected chi connectivity index (χ2v) is 5.17. The van der Waals surface area contributed by atoms with Crippen LogP contribution in [-0.4, -0.2) is 9.78 Å². The van der Waals surface area contributed by atoms with Crippen molar-refractivity contribution in [3.8, 4) is 0 Å². The summed E-state index contributed by atoms with van der Waals surface area (Å²) in [6.07, 6.45) is 0. The molecule has 1 aromatic heterocycles. The van der Waals surface area contributed by atoms with E-state index in [1.54, 1.807) is 11.8 Å². The molecule has 3 nitrogen and oxygen atoms in total. The van der Waals surface area contributed by atoms with E-state index in [2.05, 4.69) is 36.3 Å². The fourth-order valence-corrected chi connectivity index (χ4v) is 2.78. The first-order chi connectivity index (χ1) is 8.11. The van der Waals surface area contributed by atoms with Crippen LogP contribution in [0.1, 0.15) is 16.8 Å². The van der Waals surface area contributed by atoms with Crippen molar-refractivity contribution in [3.05, 3.63) is 41.1 Å². The Kier molecular flexibility index (Phi) is 3.54. The molecule has 2 N–H and O–H groups in total. The van der Waals surface area contributed by atoms with Crippen LogP contribution in [0.4, 0.5) is 0 Å². The molecule has 0 spiro atoms. The van der Waals surface area contributed by atoms with Gasteiger partial charge in [0, 0.05) is 24.1 Å². The first kappa shape index (κ1) is 12.2. The van der Waals surface area contributed by atoms with Crippen LogP contribution in [0, 0.1) is 13.8 Å². The summed E-state index contributed by atoms with van der Waals surface area (Å²) >= 11 is 1.72. The molecule has 0 saturated heterocycles. The average Bonchev–Trinajstić information content (AvgIpc) is 2.57. The molecule has 2 rings (SSSR count). The zero-order valence-electron chi connectivity index (χ0n) is 10.4. The lowest BCUT2D eigenvalue weighted by molar-refractivity contribution is 0.688. The van der Waals surface area contributed by atoms with Gasteiger partial charge in [0.25, 0.3) is 0 Å². The molecular weight excluding hydrogens is 230 g/mol. The van der Waals surface area contributed by atoms with E-state index in [0.29, 0.717) is 6.54 Å². The first-order valence-electron chi connectivity index (χ1n) is 5.59. The van der Waals surface area contributed by atoms with Crippen molar-refractivity contribution in [2.24, 2.45) is 12.8 Å². The molecule has 0 aliphatic carbocycles. The molecule has 0 aliphatic heterocycles. The second kappa shape index (κ2) is 4.94. The van der Waals surface area contributed by atoms with E-state index < -0.39 is 0 Å². The standard InChI is InChI=1S/C13H17N3S/c1-9-4-6-11(7-5-9)17-13-12(8-14)10(2)15-16(13)3/h4-7H,8,14H2,1-3H3. The lowest BCUT2D eigenvalue weighted by Gasteiger charge is -2.05. The molecule has 1 aromatic carbocycles. The Morgan fingerprint density at radius 3 is 2.47 bits per heavy atom. The zero-order chi connectivity index (χ0) is 12.4. The summed E-state index contributed by atoms with van der Waals surface area (Å²) in [7, 11) is 1.96. The third-order valence-electron chi connectivity index (χ3n) is 2.73. The molecule has 2 aromatic rings. The molecule has 0 fully saturated rings. The van der Waals surface area contributed by atoms with E-state index in [9.17, 15) is 0 Å². The number of aromatic nitrogens is 2. The van der Waals surface area contributed by atoms with Crippen LogP contribution in [0.3, 0.4) is 0 Å². The number of nitrogens with two attached hydrogens (primary N) is 1. The van der Waals surface area contributed by atoms with Crippen LogP contribution in [0.2, 0.25) is 0 Å². The Hall–Kier alpha value is -1.26. The van der Waals surface area contributed by atoms with E-state index in [4.69, 9.17) is 5.73 Å². The summed E-state index contributed by atoms with van der Waals surface area (Å²) in [6.45, 7) is 4.63.